The predicted molar refractivity (Wildman–Crippen MR) is 73.8 cm³/mol. The van der Waals surface area contributed by atoms with Gasteiger partial charge < -0.3 is 0 Å². The molecule has 112 valence electrons. The molecule has 2 rings (SSSR count). The fraction of sp³-hybridized carbons (Fsp3) is 0.400. The first kappa shape index (κ1) is 15.2. The highest BCUT2D eigenvalue weighted by molar-refractivity contribution is 6.16. The zero-order valence-electron chi connectivity index (χ0n) is 11.8. The summed E-state index contributed by atoms with van der Waals surface area (Å²) in [5.41, 5.74) is 0.432. The molecule has 5 nitrogen and oxygen atoms in total. The third kappa shape index (κ3) is 3.26. The molecule has 1 atom stereocenters. The van der Waals surface area contributed by atoms with E-state index < -0.39 is 23.8 Å². The van der Waals surface area contributed by atoms with E-state index in [0.717, 1.165) is 4.90 Å². The molecule has 0 bridgehead atoms. The molecule has 0 aromatic heterocycles. The number of carbonyl (C=O) groups excluding carboxylic acids is 3. The number of benzene rings is 1. The zero-order chi connectivity index (χ0) is 15.4. The van der Waals surface area contributed by atoms with Crippen LogP contribution in [0.1, 0.15) is 25.3 Å². The molecule has 1 unspecified atom stereocenters. The van der Waals surface area contributed by atoms with Gasteiger partial charge in [0, 0.05) is 6.54 Å². The Morgan fingerprint density at radius 3 is 2.62 bits per heavy atom. The summed E-state index contributed by atoms with van der Waals surface area (Å²) >= 11 is 0. The average molecular weight is 292 g/mol. The molecule has 21 heavy (non-hydrogen) atoms. The van der Waals surface area contributed by atoms with Gasteiger partial charge in [-0.2, -0.15) is 0 Å². The average Bonchev–Trinajstić information content (AvgIpc) is 2.45. The summed E-state index contributed by atoms with van der Waals surface area (Å²) < 4.78 is 13.5. The molecular weight excluding hydrogens is 275 g/mol. The number of halogens is 1. The van der Waals surface area contributed by atoms with Gasteiger partial charge in [0.25, 0.3) is 0 Å². The summed E-state index contributed by atoms with van der Waals surface area (Å²) in [6.07, 6.45) is 1.28. The molecule has 1 heterocycles. The summed E-state index contributed by atoms with van der Waals surface area (Å²) in [7, 11) is 0. The molecule has 1 aliphatic rings. The van der Waals surface area contributed by atoms with Crippen LogP contribution in [0.15, 0.2) is 24.3 Å². The van der Waals surface area contributed by atoms with Crippen LogP contribution in [-0.2, 0) is 16.0 Å². The van der Waals surface area contributed by atoms with E-state index in [4.69, 9.17) is 0 Å². The van der Waals surface area contributed by atoms with Gasteiger partial charge in [-0.15, -0.1) is 0 Å². The van der Waals surface area contributed by atoms with E-state index >= 15 is 0 Å². The Morgan fingerprint density at radius 2 is 1.95 bits per heavy atom. The lowest BCUT2D eigenvalue weighted by Gasteiger charge is -2.30. The van der Waals surface area contributed by atoms with Crippen LogP contribution in [0.5, 0.6) is 0 Å². The maximum Gasteiger partial charge on any atom is 0.330 e. The summed E-state index contributed by atoms with van der Waals surface area (Å²) in [6.45, 7) is 1.92. The van der Waals surface area contributed by atoms with Crippen LogP contribution >= 0.6 is 0 Å². The van der Waals surface area contributed by atoms with Crippen molar-refractivity contribution in [2.24, 2.45) is 5.92 Å². The standard InChI is InChI=1S/C15H17FN2O3/c1-2-5-11-13(19)17-15(21)18(14(11)20)9-8-10-6-3-4-7-12(10)16/h3-4,6-7,11H,2,5,8-9H2,1H3,(H,17,19,21). The van der Waals surface area contributed by atoms with Crippen molar-refractivity contribution < 1.29 is 18.8 Å². The molecule has 1 saturated heterocycles. The second-order valence-electron chi connectivity index (χ2n) is 4.97. The molecule has 1 aromatic rings. The van der Waals surface area contributed by atoms with E-state index in [0.29, 0.717) is 18.4 Å². The van der Waals surface area contributed by atoms with E-state index in [1.165, 1.54) is 6.07 Å². The smallest absolute Gasteiger partial charge is 0.277 e. The van der Waals surface area contributed by atoms with E-state index in [1.54, 1.807) is 18.2 Å². The molecule has 1 aliphatic heterocycles. The molecule has 1 aromatic carbocycles. The summed E-state index contributed by atoms with van der Waals surface area (Å²) in [4.78, 5) is 36.6. The van der Waals surface area contributed by atoms with Crippen LogP contribution in [0.3, 0.4) is 0 Å². The van der Waals surface area contributed by atoms with Crippen LogP contribution < -0.4 is 5.32 Å². The SMILES string of the molecule is CCCC1C(=O)NC(=O)N(CCc2ccccc2F)C1=O. The van der Waals surface area contributed by atoms with Crippen molar-refractivity contribution in [3.8, 4) is 0 Å². The zero-order valence-corrected chi connectivity index (χ0v) is 11.8. The van der Waals surface area contributed by atoms with Crippen molar-refractivity contribution in [1.29, 1.82) is 0 Å². The van der Waals surface area contributed by atoms with Crippen molar-refractivity contribution in [3.63, 3.8) is 0 Å². The van der Waals surface area contributed by atoms with E-state index in [-0.39, 0.29) is 18.8 Å². The van der Waals surface area contributed by atoms with Crippen LogP contribution in [0.25, 0.3) is 0 Å². The molecular formula is C15H17FN2O3. The summed E-state index contributed by atoms with van der Waals surface area (Å²) in [5, 5.41) is 2.18. The number of hydrogen-bond donors (Lipinski definition) is 1. The molecule has 4 amide bonds. The predicted octanol–water partition coefficient (Wildman–Crippen LogP) is 1.86. The lowest BCUT2D eigenvalue weighted by Crippen LogP contribution is -2.58. The highest BCUT2D eigenvalue weighted by Gasteiger charge is 2.39. The normalized spacial score (nSPS) is 18.9. The van der Waals surface area contributed by atoms with E-state index in [2.05, 4.69) is 5.32 Å². The third-order valence-electron chi connectivity index (χ3n) is 3.50. The molecule has 0 aliphatic carbocycles. The minimum atomic E-state index is -0.826. The second-order valence-corrected chi connectivity index (χ2v) is 4.97. The molecule has 1 fully saturated rings. The topological polar surface area (TPSA) is 66.5 Å². The van der Waals surface area contributed by atoms with Crippen molar-refractivity contribution in [2.45, 2.75) is 26.2 Å². The Labute approximate surface area is 122 Å². The molecule has 1 N–H and O–H groups in total. The largest absolute Gasteiger partial charge is 0.330 e. The van der Waals surface area contributed by atoms with Crippen LogP contribution in [0, 0.1) is 11.7 Å². The third-order valence-corrected chi connectivity index (χ3v) is 3.50. The number of nitrogens with zero attached hydrogens (tertiary/aromatic N) is 1. The molecule has 0 saturated carbocycles. The van der Waals surface area contributed by atoms with E-state index in [9.17, 15) is 18.8 Å². The fourth-order valence-corrected chi connectivity index (χ4v) is 2.35. The minimum absolute atomic E-state index is 0.0547. The van der Waals surface area contributed by atoms with Gasteiger partial charge in [0.15, 0.2) is 0 Å². The first-order valence-electron chi connectivity index (χ1n) is 6.94. The van der Waals surface area contributed by atoms with Gasteiger partial charge in [0.05, 0.1) is 0 Å². The molecule has 6 heteroatoms. The maximum atomic E-state index is 13.5. The Bertz CT molecular complexity index is 574. The summed E-state index contributed by atoms with van der Waals surface area (Å²) in [5.74, 6) is -2.24. The van der Waals surface area contributed by atoms with Crippen molar-refractivity contribution in [2.75, 3.05) is 6.54 Å². The van der Waals surface area contributed by atoms with E-state index in [1.807, 2.05) is 6.92 Å². The number of hydrogen-bond acceptors (Lipinski definition) is 3. The van der Waals surface area contributed by atoms with Gasteiger partial charge >= 0.3 is 6.03 Å². The first-order valence-corrected chi connectivity index (χ1v) is 6.94. The van der Waals surface area contributed by atoms with Gasteiger partial charge in [0.2, 0.25) is 11.8 Å². The molecule has 0 radical (unpaired) electrons. The van der Waals surface area contributed by atoms with Crippen LogP contribution in [0.2, 0.25) is 0 Å². The monoisotopic (exact) mass is 292 g/mol. The van der Waals surface area contributed by atoms with Gasteiger partial charge in [-0.3, -0.25) is 19.8 Å². The lowest BCUT2D eigenvalue weighted by molar-refractivity contribution is -0.142. The number of rotatable bonds is 5. The Morgan fingerprint density at radius 1 is 1.24 bits per heavy atom. The highest BCUT2D eigenvalue weighted by atomic mass is 19.1. The molecule has 0 spiro atoms. The fourth-order valence-electron chi connectivity index (χ4n) is 2.35. The first-order chi connectivity index (χ1) is 10.0. The van der Waals surface area contributed by atoms with Crippen molar-refractivity contribution in [1.82, 2.24) is 10.2 Å². The Balaban J connectivity index is 2.08. The highest BCUT2D eigenvalue weighted by Crippen LogP contribution is 2.17. The minimum Gasteiger partial charge on any atom is -0.277 e. The lowest BCUT2D eigenvalue weighted by atomic mass is 9.99. The van der Waals surface area contributed by atoms with Crippen LogP contribution in [-0.4, -0.2) is 29.3 Å². The Hall–Kier alpha value is -2.24. The van der Waals surface area contributed by atoms with Gasteiger partial charge in [-0.25, -0.2) is 9.18 Å². The number of carbonyl (C=O) groups is 3. The van der Waals surface area contributed by atoms with Gasteiger partial charge in [0.1, 0.15) is 11.7 Å². The van der Waals surface area contributed by atoms with Gasteiger partial charge in [-0.05, 0) is 24.5 Å². The van der Waals surface area contributed by atoms with Gasteiger partial charge in [-0.1, -0.05) is 31.5 Å². The number of barbiturate groups is 1. The summed E-state index contributed by atoms with van der Waals surface area (Å²) in [6, 6.07) is 5.48. The second kappa shape index (κ2) is 6.47. The van der Waals surface area contributed by atoms with Crippen molar-refractivity contribution in [3.05, 3.63) is 35.6 Å². The number of imide groups is 2. The number of amides is 4. The Kier molecular flexibility index (Phi) is 4.67. The quantitative estimate of drug-likeness (QED) is 0.842. The number of urea groups is 1. The number of nitrogens with one attached hydrogen (secondary N) is 1. The maximum absolute atomic E-state index is 13.5. The van der Waals surface area contributed by atoms with Crippen LogP contribution in [0.4, 0.5) is 9.18 Å². The van der Waals surface area contributed by atoms with Crippen molar-refractivity contribution >= 4 is 17.8 Å².